The Kier molecular flexibility index (Phi) is 17.1. The normalized spacial score (nSPS) is 14.2. The van der Waals surface area contributed by atoms with Gasteiger partial charge in [-0.05, 0) is 125 Å². The van der Waals surface area contributed by atoms with E-state index >= 15 is 0 Å². The Labute approximate surface area is 247 Å². The van der Waals surface area contributed by atoms with Gasteiger partial charge in [-0.3, -0.25) is 4.79 Å². The Bertz CT molecular complexity index is 714. The maximum absolute atomic E-state index is 11.7. The third-order valence-corrected chi connectivity index (χ3v) is 7.70. The quantitative estimate of drug-likeness (QED) is 0.300. The number of Topliss-reactive ketones (excluding diaryl/α,β-unsaturated/α-hetero) is 1. The van der Waals surface area contributed by atoms with Crippen molar-refractivity contribution < 1.29 is 13.2 Å². The Morgan fingerprint density at radius 2 is 0.538 bits per heavy atom. The van der Waals surface area contributed by atoms with Crippen molar-refractivity contribution in [2.75, 3.05) is 0 Å². The van der Waals surface area contributed by atoms with Crippen LogP contribution in [0, 0.1) is 10.8 Å². The molecule has 0 radical (unpaired) electrons. The van der Waals surface area contributed by atoms with Gasteiger partial charge in [0.15, 0.2) is 9.84 Å². The fraction of sp³-hybridized carbons (Fsp3) is 0.970. The van der Waals surface area contributed by atoms with Crippen LogP contribution in [-0.2, 0) is 14.6 Å². The summed E-state index contributed by atoms with van der Waals surface area (Å²) in [5.41, 5.74) is 0.545. The molecule has 0 heterocycles. The molecule has 0 aromatic heterocycles. The number of carbonyl (C=O) groups is 1. The molecule has 0 atom stereocenters. The van der Waals surface area contributed by atoms with E-state index in [-0.39, 0.29) is 33.0 Å². The topological polar surface area (TPSA) is 75.3 Å². The Morgan fingerprint density at radius 1 is 0.385 bits per heavy atom. The minimum atomic E-state index is -3.01. The standard InChI is InChI=1S/C9H18O.2C8H19N.C8H18O2S/c1-8(2,3)7(10)9(4,5)6;2*1-7(2,3)9-8(4,5)6;1-7(2,3)11(9,10)8(4,5)6/h1-6H3;2*9H,1-6H3;1-6H3. The fourth-order valence-electron chi connectivity index (χ4n) is 4.29. The molecule has 0 saturated carbocycles. The van der Waals surface area contributed by atoms with E-state index in [1.54, 1.807) is 41.5 Å². The molecule has 39 heavy (non-hydrogen) atoms. The van der Waals surface area contributed by atoms with Crippen molar-refractivity contribution in [3.05, 3.63) is 0 Å². The van der Waals surface area contributed by atoms with Crippen molar-refractivity contribution in [1.82, 2.24) is 10.6 Å². The lowest BCUT2D eigenvalue weighted by Crippen LogP contribution is -2.48. The summed E-state index contributed by atoms with van der Waals surface area (Å²) in [4.78, 5) is 11.5. The van der Waals surface area contributed by atoms with E-state index in [2.05, 4.69) is 93.7 Å². The Morgan fingerprint density at radius 3 is 0.538 bits per heavy atom. The van der Waals surface area contributed by atoms with Gasteiger partial charge in [-0.2, -0.15) is 0 Å². The first-order valence-corrected chi connectivity index (χ1v) is 15.9. The monoisotopic (exact) mass is 579 g/mol. The molecule has 0 aromatic rings. The zero-order chi connectivity index (χ0) is 33.5. The SMILES string of the molecule is CC(C)(C)C(=O)C(C)(C)C.CC(C)(C)NC(C)(C)C.CC(C)(C)NC(C)(C)C.CC(C)(C)S(=O)(=O)C(C)(C)C. The maximum atomic E-state index is 11.7. The molecule has 0 spiro atoms. The molecule has 6 heteroatoms. The van der Waals surface area contributed by atoms with E-state index < -0.39 is 19.3 Å². The third kappa shape index (κ3) is 27.5. The highest BCUT2D eigenvalue weighted by Gasteiger charge is 2.39. The van der Waals surface area contributed by atoms with E-state index in [1.165, 1.54) is 0 Å². The van der Waals surface area contributed by atoms with Crippen LogP contribution in [0.3, 0.4) is 0 Å². The Balaban J connectivity index is -0.000000210. The minimum absolute atomic E-state index is 0.196. The highest BCUT2D eigenvalue weighted by atomic mass is 32.2. The first-order valence-electron chi connectivity index (χ1n) is 14.4. The third-order valence-electron chi connectivity index (χ3n) is 4.47. The first-order chi connectivity index (χ1) is 16.1. The van der Waals surface area contributed by atoms with E-state index in [9.17, 15) is 13.2 Å². The summed E-state index contributed by atoms with van der Waals surface area (Å²) < 4.78 is 22.1. The smallest absolute Gasteiger partial charge is 0.160 e. The second-order valence-electron chi connectivity index (χ2n) is 18.8. The lowest BCUT2D eigenvalue weighted by atomic mass is 9.76. The number of hydrogen-bond acceptors (Lipinski definition) is 5. The van der Waals surface area contributed by atoms with E-state index in [0.717, 1.165) is 0 Å². The molecule has 0 rings (SSSR count). The molecule has 0 unspecified atom stereocenters. The second kappa shape index (κ2) is 14.6. The lowest BCUT2D eigenvalue weighted by molar-refractivity contribution is -0.134. The van der Waals surface area contributed by atoms with Crippen LogP contribution in [0.4, 0.5) is 0 Å². The summed E-state index contributed by atoms with van der Waals surface area (Å²) in [7, 11) is -3.01. The predicted molar refractivity (Wildman–Crippen MR) is 178 cm³/mol. The molecular formula is C33H74N2O3S. The van der Waals surface area contributed by atoms with Crippen LogP contribution >= 0.6 is 0 Å². The number of hydrogen-bond donors (Lipinski definition) is 2. The zero-order valence-electron chi connectivity index (χ0n) is 31.1. The summed E-state index contributed by atoms with van der Waals surface area (Å²) in [6.45, 7) is 48.3. The molecule has 2 N–H and O–H groups in total. The highest BCUT2D eigenvalue weighted by Crippen LogP contribution is 2.28. The minimum Gasteiger partial charge on any atom is -0.307 e. The van der Waals surface area contributed by atoms with E-state index in [1.807, 2.05) is 41.5 Å². The van der Waals surface area contributed by atoms with Crippen LogP contribution in [0.2, 0.25) is 0 Å². The van der Waals surface area contributed by atoms with Crippen LogP contribution < -0.4 is 10.6 Å². The summed E-state index contributed by atoms with van der Waals surface area (Å²) in [6, 6.07) is 0. The van der Waals surface area contributed by atoms with Crippen molar-refractivity contribution in [3.63, 3.8) is 0 Å². The number of carbonyl (C=O) groups excluding carboxylic acids is 1. The van der Waals surface area contributed by atoms with E-state index in [4.69, 9.17) is 0 Å². The van der Waals surface area contributed by atoms with Gasteiger partial charge >= 0.3 is 0 Å². The average Bonchev–Trinajstić information content (AvgIpc) is 2.44. The summed E-state index contributed by atoms with van der Waals surface area (Å²) in [6.07, 6.45) is 0. The van der Waals surface area contributed by atoms with Gasteiger partial charge in [-0.1, -0.05) is 41.5 Å². The van der Waals surface area contributed by atoms with Crippen LogP contribution in [-0.4, -0.2) is 45.9 Å². The average molecular weight is 579 g/mol. The van der Waals surface area contributed by atoms with Crippen molar-refractivity contribution in [1.29, 1.82) is 0 Å². The van der Waals surface area contributed by atoms with Gasteiger partial charge in [0, 0.05) is 33.0 Å². The van der Waals surface area contributed by atoms with Crippen LogP contribution in [0.5, 0.6) is 0 Å². The molecule has 240 valence electrons. The van der Waals surface area contributed by atoms with Crippen LogP contribution in [0.15, 0.2) is 0 Å². The van der Waals surface area contributed by atoms with Crippen LogP contribution in [0.1, 0.15) is 166 Å². The molecule has 0 amide bonds. The number of sulfone groups is 1. The van der Waals surface area contributed by atoms with Crippen molar-refractivity contribution >= 4 is 15.6 Å². The van der Waals surface area contributed by atoms with Gasteiger partial charge in [0.2, 0.25) is 0 Å². The van der Waals surface area contributed by atoms with Crippen molar-refractivity contribution in [2.45, 2.75) is 198 Å². The molecule has 0 aliphatic carbocycles. The van der Waals surface area contributed by atoms with Gasteiger partial charge in [-0.15, -0.1) is 0 Å². The van der Waals surface area contributed by atoms with Crippen molar-refractivity contribution in [3.8, 4) is 0 Å². The fourth-order valence-corrected chi connectivity index (χ4v) is 6.13. The predicted octanol–water partition coefficient (Wildman–Crippen LogP) is 8.99. The molecule has 5 nitrogen and oxygen atoms in total. The molecule has 0 aliphatic rings. The molecule has 0 saturated heterocycles. The lowest BCUT2D eigenvalue weighted by Gasteiger charge is -2.31. The number of nitrogens with one attached hydrogen (secondary N) is 2. The van der Waals surface area contributed by atoms with Gasteiger partial charge in [0.25, 0.3) is 0 Å². The highest BCUT2D eigenvalue weighted by molar-refractivity contribution is 7.94. The summed E-state index contributed by atoms with van der Waals surface area (Å²) in [5.74, 6) is 0.319. The van der Waals surface area contributed by atoms with Gasteiger partial charge in [0.05, 0.1) is 9.49 Å². The molecular weight excluding hydrogens is 504 g/mol. The number of ketones is 1. The largest absolute Gasteiger partial charge is 0.307 e. The van der Waals surface area contributed by atoms with Gasteiger partial charge in [-0.25, -0.2) is 8.42 Å². The molecule has 0 aliphatic heterocycles. The molecule has 0 bridgehead atoms. The number of rotatable bonds is 0. The van der Waals surface area contributed by atoms with Gasteiger partial charge < -0.3 is 10.6 Å². The van der Waals surface area contributed by atoms with Gasteiger partial charge in [0.1, 0.15) is 5.78 Å². The second-order valence-corrected chi connectivity index (χ2v) is 22.3. The van der Waals surface area contributed by atoms with E-state index in [0.29, 0.717) is 5.78 Å². The maximum Gasteiger partial charge on any atom is 0.160 e. The zero-order valence-corrected chi connectivity index (χ0v) is 31.9. The van der Waals surface area contributed by atoms with Crippen molar-refractivity contribution in [2.24, 2.45) is 10.8 Å². The molecule has 0 fully saturated rings. The summed E-state index contributed by atoms with van der Waals surface area (Å²) >= 11 is 0. The molecule has 0 aromatic carbocycles. The first kappa shape index (κ1) is 45.5. The van der Waals surface area contributed by atoms with Crippen LogP contribution in [0.25, 0.3) is 0 Å². The Hall–Kier alpha value is -0.460. The summed E-state index contributed by atoms with van der Waals surface area (Å²) in [5, 5.41) is 6.92.